The van der Waals surface area contributed by atoms with Crippen molar-refractivity contribution in [2.75, 3.05) is 19.6 Å². The van der Waals surface area contributed by atoms with Crippen LogP contribution in [0.5, 0.6) is 0 Å². The molecule has 0 aliphatic carbocycles. The molecule has 0 spiro atoms. The largest absolute Gasteiger partial charge is 0.480 e. The molecule has 1 rings (SSSR count). The van der Waals surface area contributed by atoms with Crippen molar-refractivity contribution in [1.82, 2.24) is 10.6 Å². The Hall–Kier alpha value is -1.88. The van der Waals surface area contributed by atoms with Crippen LogP contribution in [0.2, 0.25) is 0 Å². The van der Waals surface area contributed by atoms with Crippen molar-refractivity contribution >= 4 is 11.9 Å². The predicted octanol–water partition coefficient (Wildman–Crippen LogP) is 2.63. The summed E-state index contributed by atoms with van der Waals surface area (Å²) in [7, 11) is 0. The summed E-state index contributed by atoms with van der Waals surface area (Å²) in [5, 5.41) is 13.7. The molecule has 0 radical (unpaired) electrons. The second-order valence-corrected chi connectivity index (χ2v) is 4.11. The summed E-state index contributed by atoms with van der Waals surface area (Å²) < 4.78 is 0. The van der Waals surface area contributed by atoms with Crippen molar-refractivity contribution in [3.63, 3.8) is 0 Å². The summed E-state index contributed by atoms with van der Waals surface area (Å²) in [5.74, 6) is -1.04. The highest BCUT2D eigenvalue weighted by Gasteiger charge is 2.06. The van der Waals surface area contributed by atoms with Gasteiger partial charge in [0.1, 0.15) is 6.54 Å². The number of amides is 1. The molecule has 3 N–H and O–H groups in total. The van der Waals surface area contributed by atoms with Crippen LogP contribution >= 0.6 is 0 Å². The first-order chi connectivity index (χ1) is 10.6. The van der Waals surface area contributed by atoms with Crippen LogP contribution in [0.1, 0.15) is 46.1 Å². The van der Waals surface area contributed by atoms with Crippen molar-refractivity contribution in [1.29, 1.82) is 0 Å². The van der Waals surface area contributed by atoms with E-state index in [0.717, 1.165) is 0 Å². The second kappa shape index (κ2) is 15.5. The molecule has 0 aliphatic heterocycles. The number of rotatable bonds is 7. The Balaban J connectivity index is 0. The molecule has 126 valence electrons. The van der Waals surface area contributed by atoms with Gasteiger partial charge in [0.15, 0.2) is 0 Å². The summed E-state index contributed by atoms with van der Waals surface area (Å²) in [6.45, 7) is 10.5. The Bertz CT molecular complexity index is 394. The van der Waals surface area contributed by atoms with E-state index in [-0.39, 0.29) is 19.0 Å². The third-order valence-corrected chi connectivity index (χ3v) is 2.54. The summed E-state index contributed by atoms with van der Waals surface area (Å²) in [6, 6.07) is 9.99. The van der Waals surface area contributed by atoms with E-state index in [2.05, 4.69) is 17.6 Å². The lowest BCUT2D eigenvalue weighted by atomic mass is 10.0. The van der Waals surface area contributed by atoms with E-state index in [9.17, 15) is 9.59 Å². The number of aliphatic carboxylic acids is 1. The van der Waals surface area contributed by atoms with Gasteiger partial charge in [0.2, 0.25) is 5.91 Å². The molecule has 0 saturated carbocycles. The zero-order valence-electron chi connectivity index (χ0n) is 14.3. The number of carboxylic acid groups (broad SMARTS) is 1. The smallest absolute Gasteiger partial charge is 0.322 e. The van der Waals surface area contributed by atoms with Gasteiger partial charge < -0.3 is 15.7 Å². The summed E-state index contributed by atoms with van der Waals surface area (Å²) >= 11 is 0. The number of carbonyl (C=O) groups excluding carboxylic acids is 1. The number of hydrogen-bond acceptors (Lipinski definition) is 3. The van der Waals surface area contributed by atoms with Crippen LogP contribution in [0.15, 0.2) is 30.3 Å². The Morgan fingerprint density at radius 2 is 1.59 bits per heavy atom. The van der Waals surface area contributed by atoms with Gasteiger partial charge in [-0.15, -0.1) is 0 Å². The van der Waals surface area contributed by atoms with Crippen LogP contribution in [0.25, 0.3) is 0 Å². The van der Waals surface area contributed by atoms with Gasteiger partial charge >= 0.3 is 5.97 Å². The molecule has 0 aliphatic rings. The third kappa shape index (κ3) is 11.9. The zero-order chi connectivity index (χ0) is 17.4. The molecule has 0 bridgehead atoms. The van der Waals surface area contributed by atoms with E-state index in [4.69, 9.17) is 5.11 Å². The molecular weight excluding hydrogens is 280 g/mol. The predicted molar refractivity (Wildman–Crippen MR) is 91.1 cm³/mol. The van der Waals surface area contributed by atoms with Crippen molar-refractivity contribution in [3.05, 3.63) is 35.9 Å². The molecule has 1 aromatic carbocycles. The van der Waals surface area contributed by atoms with Crippen LogP contribution in [0.3, 0.4) is 0 Å². The minimum atomic E-state index is -1.04. The first-order valence-electron chi connectivity index (χ1n) is 7.83. The molecule has 0 saturated heterocycles. The van der Waals surface area contributed by atoms with E-state index in [1.807, 2.05) is 58.0 Å². The van der Waals surface area contributed by atoms with Crippen molar-refractivity contribution in [2.45, 2.75) is 40.5 Å². The normalized spacial score (nSPS) is 10.2. The second-order valence-electron chi connectivity index (χ2n) is 4.11. The maximum atomic E-state index is 11.2. The fraction of sp³-hybridized carbons (Fsp3) is 0.529. The molecule has 5 nitrogen and oxygen atoms in total. The van der Waals surface area contributed by atoms with Crippen LogP contribution in [0.4, 0.5) is 0 Å². The number of carbonyl (C=O) groups is 2. The van der Waals surface area contributed by atoms with Gasteiger partial charge in [-0.2, -0.15) is 0 Å². The maximum absolute atomic E-state index is 11.2. The molecular formula is C17H30N2O3. The summed E-state index contributed by atoms with van der Waals surface area (Å²) in [4.78, 5) is 21.5. The first kappa shape index (κ1) is 22.4. The van der Waals surface area contributed by atoms with E-state index in [1.165, 1.54) is 5.56 Å². The van der Waals surface area contributed by atoms with Crippen LogP contribution in [-0.4, -0.2) is 36.6 Å². The van der Waals surface area contributed by atoms with E-state index < -0.39 is 5.97 Å². The van der Waals surface area contributed by atoms with Gasteiger partial charge in [-0.3, -0.25) is 9.59 Å². The Morgan fingerprint density at radius 1 is 1.05 bits per heavy atom. The average molecular weight is 310 g/mol. The molecule has 22 heavy (non-hydrogen) atoms. The molecule has 1 unspecified atom stereocenters. The van der Waals surface area contributed by atoms with Crippen LogP contribution < -0.4 is 10.6 Å². The van der Waals surface area contributed by atoms with Crippen LogP contribution in [0, 0.1) is 0 Å². The average Bonchev–Trinajstić information content (AvgIpc) is 2.57. The lowest BCUT2D eigenvalue weighted by molar-refractivity contribution is -0.137. The van der Waals surface area contributed by atoms with Gasteiger partial charge in [-0.1, -0.05) is 65.0 Å². The van der Waals surface area contributed by atoms with E-state index in [0.29, 0.717) is 12.5 Å². The SMILES string of the molecule is CC.CC.CC(CNCC(=O)NCC(=O)O)c1ccccc1. The minimum absolute atomic E-state index is 0.129. The highest BCUT2D eigenvalue weighted by Crippen LogP contribution is 2.12. The molecule has 0 fully saturated rings. The number of carboxylic acids is 1. The monoisotopic (exact) mass is 310 g/mol. The molecule has 1 amide bonds. The molecule has 5 heteroatoms. The van der Waals surface area contributed by atoms with Gasteiger partial charge in [0, 0.05) is 6.54 Å². The topological polar surface area (TPSA) is 78.4 Å². The molecule has 0 heterocycles. The van der Waals surface area contributed by atoms with Gasteiger partial charge in [0.25, 0.3) is 0 Å². The summed E-state index contributed by atoms with van der Waals surface area (Å²) in [6.07, 6.45) is 0. The minimum Gasteiger partial charge on any atom is -0.480 e. The fourth-order valence-electron chi connectivity index (χ4n) is 1.54. The Kier molecular flexibility index (Phi) is 15.8. The summed E-state index contributed by atoms with van der Waals surface area (Å²) in [5.41, 5.74) is 1.20. The van der Waals surface area contributed by atoms with Crippen molar-refractivity contribution in [2.24, 2.45) is 0 Å². The van der Waals surface area contributed by atoms with Gasteiger partial charge in [-0.25, -0.2) is 0 Å². The van der Waals surface area contributed by atoms with E-state index >= 15 is 0 Å². The third-order valence-electron chi connectivity index (χ3n) is 2.54. The number of hydrogen-bond donors (Lipinski definition) is 3. The van der Waals surface area contributed by atoms with Crippen molar-refractivity contribution in [3.8, 4) is 0 Å². The zero-order valence-corrected chi connectivity index (χ0v) is 14.3. The highest BCUT2D eigenvalue weighted by molar-refractivity contribution is 5.82. The van der Waals surface area contributed by atoms with Crippen LogP contribution in [-0.2, 0) is 9.59 Å². The quantitative estimate of drug-likeness (QED) is 0.723. The Morgan fingerprint density at radius 3 is 2.09 bits per heavy atom. The van der Waals surface area contributed by atoms with Crippen molar-refractivity contribution < 1.29 is 14.7 Å². The highest BCUT2D eigenvalue weighted by atomic mass is 16.4. The first-order valence-corrected chi connectivity index (χ1v) is 7.83. The van der Waals surface area contributed by atoms with Gasteiger partial charge in [-0.05, 0) is 11.5 Å². The lowest BCUT2D eigenvalue weighted by Crippen LogP contribution is -2.37. The molecule has 1 atom stereocenters. The number of benzene rings is 1. The fourth-order valence-corrected chi connectivity index (χ4v) is 1.54. The van der Waals surface area contributed by atoms with E-state index in [1.54, 1.807) is 0 Å². The molecule has 1 aromatic rings. The number of nitrogens with one attached hydrogen (secondary N) is 2. The molecule has 0 aromatic heterocycles. The standard InChI is InChI=1S/C13H18N2O3.2C2H6/c1-10(11-5-3-2-4-6-11)7-14-8-12(16)15-9-13(17)18;2*1-2/h2-6,10,14H,7-9H2,1H3,(H,15,16)(H,17,18);2*1-2H3. The van der Waals surface area contributed by atoms with Gasteiger partial charge in [0.05, 0.1) is 6.54 Å². The Labute approximate surface area is 134 Å². The lowest BCUT2D eigenvalue weighted by Gasteiger charge is -2.12. The maximum Gasteiger partial charge on any atom is 0.322 e.